The molecule has 1 saturated heterocycles. The van der Waals surface area contributed by atoms with Crippen molar-refractivity contribution in [3.63, 3.8) is 0 Å². The maximum atomic E-state index is 11.6. The van der Waals surface area contributed by atoms with Gasteiger partial charge in [-0.2, -0.15) is 0 Å². The quantitative estimate of drug-likeness (QED) is 0.718. The third-order valence-corrected chi connectivity index (χ3v) is 4.74. The highest BCUT2D eigenvalue weighted by Gasteiger charge is 2.30. The molecule has 7 heteroatoms. The molecule has 1 N–H and O–H groups in total. The van der Waals surface area contributed by atoms with E-state index in [4.69, 9.17) is 9.26 Å². The molecule has 2 aliphatic rings. The van der Waals surface area contributed by atoms with Crippen molar-refractivity contribution in [3.8, 4) is 0 Å². The number of carbonyl (C=O) groups is 1. The van der Waals surface area contributed by atoms with Gasteiger partial charge < -0.3 is 14.4 Å². The molecule has 0 aromatic carbocycles. The van der Waals surface area contributed by atoms with Crippen LogP contribution in [0.2, 0.25) is 0 Å². The molecule has 1 aromatic rings. The molecule has 1 saturated carbocycles. The molecular weight excluding hydrogens is 310 g/mol. The van der Waals surface area contributed by atoms with E-state index in [-0.39, 0.29) is 5.92 Å². The third kappa shape index (κ3) is 4.78. The summed E-state index contributed by atoms with van der Waals surface area (Å²) in [5.41, 5.74) is 0.906. The number of carboxylic acid groups (broad SMARTS) is 1. The van der Waals surface area contributed by atoms with Crippen LogP contribution in [-0.4, -0.2) is 72.0 Å². The lowest BCUT2D eigenvalue weighted by Crippen LogP contribution is -2.36. The van der Waals surface area contributed by atoms with Crippen molar-refractivity contribution in [2.75, 3.05) is 45.9 Å². The van der Waals surface area contributed by atoms with Crippen molar-refractivity contribution in [2.45, 2.75) is 32.2 Å². The number of ether oxygens (including phenoxy) is 1. The number of rotatable bonds is 8. The van der Waals surface area contributed by atoms with Crippen molar-refractivity contribution in [1.82, 2.24) is 15.0 Å². The van der Waals surface area contributed by atoms with E-state index in [0.29, 0.717) is 38.8 Å². The highest BCUT2D eigenvalue weighted by Crippen LogP contribution is 2.40. The van der Waals surface area contributed by atoms with Gasteiger partial charge in [0.25, 0.3) is 0 Å². The Morgan fingerprint density at radius 3 is 2.83 bits per heavy atom. The van der Waals surface area contributed by atoms with Gasteiger partial charge in [0.1, 0.15) is 5.76 Å². The summed E-state index contributed by atoms with van der Waals surface area (Å²) in [7, 11) is 0. The molecule has 7 nitrogen and oxygen atoms in total. The van der Waals surface area contributed by atoms with E-state index in [9.17, 15) is 9.90 Å². The molecule has 1 aliphatic heterocycles. The number of hydrogen-bond donors (Lipinski definition) is 1. The van der Waals surface area contributed by atoms with Gasteiger partial charge in [-0.15, -0.1) is 0 Å². The fourth-order valence-corrected chi connectivity index (χ4v) is 3.18. The normalized spacial score (nSPS) is 23.3. The molecule has 0 amide bonds. The van der Waals surface area contributed by atoms with Gasteiger partial charge in [0.2, 0.25) is 0 Å². The average Bonchev–Trinajstić information content (AvgIpc) is 3.33. The zero-order chi connectivity index (χ0) is 16.9. The summed E-state index contributed by atoms with van der Waals surface area (Å²) in [6.45, 7) is 7.55. The molecule has 134 valence electrons. The van der Waals surface area contributed by atoms with Gasteiger partial charge in [0.05, 0.1) is 18.2 Å². The lowest BCUT2D eigenvalue weighted by atomic mass is 10.1. The number of aliphatic carboxylic acids is 1. The molecule has 1 aliphatic carbocycles. The standard InChI is InChI=1S/C17H27N3O4/c1-2-23-8-7-19-5-6-20(11-14(10-19)17(21)22)12-15-9-16(24-18-15)13-3-4-13/h9,13-14H,2-8,10-12H2,1H3,(H,21,22). The van der Waals surface area contributed by atoms with Gasteiger partial charge in [-0.25, -0.2) is 0 Å². The van der Waals surface area contributed by atoms with E-state index in [1.165, 1.54) is 12.8 Å². The van der Waals surface area contributed by atoms with Crippen LogP contribution in [0.5, 0.6) is 0 Å². The van der Waals surface area contributed by atoms with Gasteiger partial charge in [-0.1, -0.05) is 5.16 Å². The number of hydrogen-bond acceptors (Lipinski definition) is 6. The number of nitrogens with zero attached hydrogens (tertiary/aromatic N) is 3. The second kappa shape index (κ2) is 8.09. The summed E-state index contributed by atoms with van der Waals surface area (Å²) >= 11 is 0. The van der Waals surface area contributed by atoms with Gasteiger partial charge in [-0.05, 0) is 19.8 Å². The molecule has 0 radical (unpaired) electrons. The van der Waals surface area contributed by atoms with Crippen LogP contribution in [0.1, 0.15) is 37.1 Å². The first-order chi connectivity index (χ1) is 11.7. The predicted molar refractivity (Wildman–Crippen MR) is 87.8 cm³/mol. The van der Waals surface area contributed by atoms with E-state index < -0.39 is 5.97 Å². The van der Waals surface area contributed by atoms with Crippen molar-refractivity contribution in [1.29, 1.82) is 0 Å². The maximum Gasteiger partial charge on any atom is 0.309 e. The fourth-order valence-electron chi connectivity index (χ4n) is 3.18. The molecule has 2 fully saturated rings. The van der Waals surface area contributed by atoms with Gasteiger partial charge >= 0.3 is 5.97 Å². The maximum absolute atomic E-state index is 11.6. The molecule has 0 bridgehead atoms. The first-order valence-corrected chi connectivity index (χ1v) is 8.86. The molecular formula is C17H27N3O4. The van der Waals surface area contributed by atoms with Gasteiger partial charge in [0.15, 0.2) is 0 Å². The van der Waals surface area contributed by atoms with Crippen LogP contribution in [0.15, 0.2) is 10.6 Å². The molecule has 2 heterocycles. The van der Waals surface area contributed by atoms with Crippen molar-refractivity contribution >= 4 is 5.97 Å². The lowest BCUT2D eigenvalue weighted by Gasteiger charge is -2.21. The Morgan fingerprint density at radius 2 is 2.12 bits per heavy atom. The summed E-state index contributed by atoms with van der Waals surface area (Å²) in [6.07, 6.45) is 2.38. The number of aromatic nitrogens is 1. The Kier molecular flexibility index (Phi) is 5.86. The average molecular weight is 337 g/mol. The summed E-state index contributed by atoms with van der Waals surface area (Å²) in [6, 6.07) is 2.03. The van der Waals surface area contributed by atoms with E-state index >= 15 is 0 Å². The first-order valence-electron chi connectivity index (χ1n) is 8.86. The molecule has 3 rings (SSSR count). The Morgan fingerprint density at radius 1 is 1.38 bits per heavy atom. The summed E-state index contributed by atoms with van der Waals surface area (Å²) in [5.74, 6) is 0.412. The first kappa shape index (κ1) is 17.4. The van der Waals surface area contributed by atoms with E-state index in [1.807, 2.05) is 13.0 Å². The van der Waals surface area contributed by atoms with Crippen LogP contribution >= 0.6 is 0 Å². The van der Waals surface area contributed by atoms with Crippen LogP contribution < -0.4 is 0 Å². The van der Waals surface area contributed by atoms with Crippen molar-refractivity contribution in [3.05, 3.63) is 17.5 Å². The summed E-state index contributed by atoms with van der Waals surface area (Å²) in [4.78, 5) is 15.9. The minimum atomic E-state index is -0.734. The highest BCUT2D eigenvalue weighted by molar-refractivity contribution is 5.70. The second-order valence-corrected chi connectivity index (χ2v) is 6.76. The Balaban J connectivity index is 1.57. The molecule has 1 unspecified atom stereocenters. The second-order valence-electron chi connectivity index (χ2n) is 6.76. The summed E-state index contributed by atoms with van der Waals surface area (Å²) in [5, 5.41) is 13.7. The molecule has 1 aromatic heterocycles. The minimum absolute atomic E-state index is 0.385. The van der Waals surface area contributed by atoms with E-state index in [0.717, 1.165) is 31.1 Å². The molecule has 0 spiro atoms. The van der Waals surface area contributed by atoms with Gasteiger partial charge in [-0.3, -0.25) is 14.6 Å². The molecule has 24 heavy (non-hydrogen) atoms. The largest absolute Gasteiger partial charge is 0.481 e. The van der Waals surface area contributed by atoms with E-state index in [2.05, 4.69) is 15.0 Å². The van der Waals surface area contributed by atoms with Crippen LogP contribution in [0, 0.1) is 5.92 Å². The lowest BCUT2D eigenvalue weighted by molar-refractivity contribution is -0.142. The summed E-state index contributed by atoms with van der Waals surface area (Å²) < 4.78 is 10.8. The Hall–Kier alpha value is -1.44. The van der Waals surface area contributed by atoms with E-state index in [1.54, 1.807) is 0 Å². The van der Waals surface area contributed by atoms with Gasteiger partial charge in [0, 0.05) is 57.9 Å². The third-order valence-electron chi connectivity index (χ3n) is 4.74. The predicted octanol–water partition coefficient (Wildman–Crippen LogP) is 1.41. The van der Waals surface area contributed by atoms with Crippen LogP contribution in [0.4, 0.5) is 0 Å². The zero-order valence-corrected chi connectivity index (χ0v) is 14.3. The minimum Gasteiger partial charge on any atom is -0.481 e. The monoisotopic (exact) mass is 337 g/mol. The topological polar surface area (TPSA) is 79.0 Å². The fraction of sp³-hybridized carbons (Fsp3) is 0.765. The Labute approximate surface area is 142 Å². The van der Waals surface area contributed by atoms with Crippen LogP contribution in [0.3, 0.4) is 0 Å². The highest BCUT2D eigenvalue weighted by atomic mass is 16.5. The smallest absolute Gasteiger partial charge is 0.309 e. The zero-order valence-electron chi connectivity index (χ0n) is 14.3. The van der Waals surface area contributed by atoms with Crippen molar-refractivity contribution < 1.29 is 19.2 Å². The van der Waals surface area contributed by atoms with Crippen LogP contribution in [-0.2, 0) is 16.1 Å². The Bertz CT molecular complexity index is 544. The van der Waals surface area contributed by atoms with Crippen LogP contribution in [0.25, 0.3) is 0 Å². The SMILES string of the molecule is CCOCCN1CCN(Cc2cc(C3CC3)on2)CC(C(=O)O)C1. The number of carboxylic acids is 1. The molecule has 1 atom stereocenters. The van der Waals surface area contributed by atoms with Crippen molar-refractivity contribution in [2.24, 2.45) is 5.92 Å².